The highest BCUT2D eigenvalue weighted by Crippen LogP contribution is 2.35. The van der Waals surface area contributed by atoms with Gasteiger partial charge < -0.3 is 4.90 Å². The van der Waals surface area contributed by atoms with Crippen molar-refractivity contribution in [2.45, 2.75) is 38.6 Å². The molecule has 2 aliphatic rings. The fraction of sp³-hybridized carbons (Fsp3) is 0.800. The van der Waals surface area contributed by atoms with Crippen LogP contribution in [0.2, 0.25) is 0 Å². The largest absolute Gasteiger partial charge is 0.332 e. The smallest absolute Gasteiger partial charge is 0.230 e. The van der Waals surface area contributed by atoms with Gasteiger partial charge in [0.1, 0.15) is 0 Å². The second-order valence-corrected chi connectivity index (χ2v) is 4.27. The Kier molecular flexibility index (Phi) is 2.10. The highest BCUT2D eigenvalue weighted by atomic mass is 16.2. The van der Waals surface area contributed by atoms with Crippen LogP contribution < -0.4 is 0 Å². The van der Waals surface area contributed by atoms with Gasteiger partial charge in [0.05, 0.1) is 13.0 Å². The van der Waals surface area contributed by atoms with Gasteiger partial charge in [-0.2, -0.15) is 0 Å². The molecule has 3 nitrogen and oxygen atoms in total. The summed E-state index contributed by atoms with van der Waals surface area (Å²) < 4.78 is 0. The zero-order valence-corrected chi connectivity index (χ0v) is 7.95. The molecule has 13 heavy (non-hydrogen) atoms. The molecule has 0 bridgehead atoms. The molecule has 0 aromatic carbocycles. The summed E-state index contributed by atoms with van der Waals surface area (Å²) in [6.45, 7) is 2.40. The number of amides is 1. The van der Waals surface area contributed by atoms with E-state index in [1.54, 1.807) is 4.90 Å². The quantitative estimate of drug-likeness (QED) is 0.608. The van der Waals surface area contributed by atoms with E-state index in [9.17, 15) is 9.59 Å². The zero-order chi connectivity index (χ0) is 9.42. The van der Waals surface area contributed by atoms with Crippen molar-refractivity contribution < 1.29 is 9.59 Å². The summed E-state index contributed by atoms with van der Waals surface area (Å²) in [5.41, 5.74) is 0. The summed E-state index contributed by atoms with van der Waals surface area (Å²) in [5, 5.41) is 0. The highest BCUT2D eigenvalue weighted by Gasteiger charge is 2.33. The topological polar surface area (TPSA) is 37.4 Å². The van der Waals surface area contributed by atoms with Crippen LogP contribution >= 0.6 is 0 Å². The fourth-order valence-electron chi connectivity index (χ4n) is 1.97. The number of likely N-dealkylation sites (tertiary alicyclic amines) is 1. The molecule has 1 atom stereocenters. The molecule has 1 aliphatic heterocycles. The van der Waals surface area contributed by atoms with Gasteiger partial charge in [0, 0.05) is 6.04 Å². The van der Waals surface area contributed by atoms with E-state index in [1.165, 1.54) is 12.8 Å². The molecule has 72 valence electrons. The van der Waals surface area contributed by atoms with Gasteiger partial charge in [-0.1, -0.05) is 12.8 Å². The van der Waals surface area contributed by atoms with Crippen molar-refractivity contribution in [2.75, 3.05) is 6.54 Å². The van der Waals surface area contributed by atoms with Gasteiger partial charge >= 0.3 is 0 Å². The van der Waals surface area contributed by atoms with Crippen molar-refractivity contribution in [3.8, 4) is 0 Å². The Hall–Kier alpha value is -0.860. The number of carbonyl (C=O) groups excluding carboxylic acids is 2. The molecule has 1 aliphatic carbocycles. The average Bonchev–Trinajstić information content (AvgIpc) is 2.77. The molecule has 2 rings (SSSR count). The first-order chi connectivity index (χ1) is 6.16. The number of hydrogen-bond donors (Lipinski definition) is 0. The first-order valence-corrected chi connectivity index (χ1v) is 4.98. The molecule has 3 heteroatoms. The summed E-state index contributed by atoms with van der Waals surface area (Å²) in [6, 6.07) is 0.270. The Morgan fingerprint density at radius 3 is 2.62 bits per heavy atom. The normalized spacial score (nSPS) is 25.5. The minimum absolute atomic E-state index is 0.0261. The molecule has 1 amide bonds. The molecule has 1 heterocycles. The van der Waals surface area contributed by atoms with Crippen LogP contribution in [0.5, 0.6) is 0 Å². The zero-order valence-electron chi connectivity index (χ0n) is 7.95. The lowest BCUT2D eigenvalue weighted by molar-refractivity contribution is -0.129. The monoisotopic (exact) mass is 181 g/mol. The van der Waals surface area contributed by atoms with Crippen LogP contribution in [0.4, 0.5) is 0 Å². The van der Waals surface area contributed by atoms with Crippen LogP contribution in [0.1, 0.15) is 32.6 Å². The average molecular weight is 181 g/mol. The van der Waals surface area contributed by atoms with E-state index in [0.717, 1.165) is 12.3 Å². The van der Waals surface area contributed by atoms with E-state index >= 15 is 0 Å². The lowest BCUT2D eigenvalue weighted by Gasteiger charge is -2.23. The number of nitrogens with zero attached hydrogens (tertiary/aromatic N) is 1. The SMILES string of the molecule is CC(CC1CC1)N1CC(=O)CC1=O. The maximum absolute atomic E-state index is 11.3. The first kappa shape index (κ1) is 8.73. The Balaban J connectivity index is 1.90. The van der Waals surface area contributed by atoms with Crippen molar-refractivity contribution >= 4 is 11.7 Å². The van der Waals surface area contributed by atoms with E-state index in [4.69, 9.17) is 0 Å². The summed E-state index contributed by atoms with van der Waals surface area (Å²) in [6.07, 6.45) is 3.83. The third kappa shape index (κ3) is 1.90. The first-order valence-electron chi connectivity index (χ1n) is 4.98. The van der Waals surface area contributed by atoms with Crippen LogP contribution in [0, 0.1) is 5.92 Å². The van der Waals surface area contributed by atoms with Crippen LogP contribution in [0.15, 0.2) is 0 Å². The van der Waals surface area contributed by atoms with Gasteiger partial charge in [-0.05, 0) is 19.3 Å². The predicted octanol–water partition coefficient (Wildman–Crippen LogP) is 0.976. The van der Waals surface area contributed by atoms with Crippen molar-refractivity contribution in [1.82, 2.24) is 4.90 Å². The Morgan fingerprint density at radius 2 is 2.15 bits per heavy atom. The second kappa shape index (κ2) is 3.13. The molecule has 2 fully saturated rings. The van der Waals surface area contributed by atoms with E-state index in [1.807, 2.05) is 0 Å². The summed E-state index contributed by atoms with van der Waals surface area (Å²) in [5.74, 6) is 0.921. The van der Waals surface area contributed by atoms with Crippen LogP contribution in [-0.2, 0) is 9.59 Å². The number of ketones is 1. The number of hydrogen-bond acceptors (Lipinski definition) is 2. The lowest BCUT2D eigenvalue weighted by Crippen LogP contribution is -2.34. The second-order valence-electron chi connectivity index (χ2n) is 4.27. The van der Waals surface area contributed by atoms with E-state index in [-0.39, 0.29) is 24.2 Å². The van der Waals surface area contributed by atoms with E-state index < -0.39 is 0 Å². The van der Waals surface area contributed by atoms with Gasteiger partial charge in [0.2, 0.25) is 5.91 Å². The summed E-state index contributed by atoms with van der Waals surface area (Å²) in [4.78, 5) is 24.1. The lowest BCUT2D eigenvalue weighted by atomic mass is 10.1. The van der Waals surface area contributed by atoms with E-state index in [2.05, 4.69) is 6.92 Å². The van der Waals surface area contributed by atoms with Gasteiger partial charge in [-0.25, -0.2) is 0 Å². The minimum Gasteiger partial charge on any atom is -0.332 e. The molecule has 1 saturated heterocycles. The van der Waals surface area contributed by atoms with Crippen molar-refractivity contribution in [3.05, 3.63) is 0 Å². The highest BCUT2D eigenvalue weighted by molar-refractivity contribution is 6.05. The molecule has 0 spiro atoms. The molecular weight excluding hydrogens is 166 g/mol. The maximum Gasteiger partial charge on any atom is 0.230 e. The van der Waals surface area contributed by atoms with Gasteiger partial charge in [-0.15, -0.1) is 0 Å². The van der Waals surface area contributed by atoms with E-state index in [0.29, 0.717) is 6.54 Å². The molecule has 0 aromatic rings. The maximum atomic E-state index is 11.3. The number of Topliss-reactive ketones (excluding diaryl/α,β-unsaturated/α-hetero) is 1. The molecule has 1 saturated carbocycles. The van der Waals surface area contributed by atoms with Crippen LogP contribution in [0.3, 0.4) is 0 Å². The van der Waals surface area contributed by atoms with Crippen molar-refractivity contribution in [1.29, 1.82) is 0 Å². The van der Waals surface area contributed by atoms with Gasteiger partial charge in [0.15, 0.2) is 5.78 Å². The van der Waals surface area contributed by atoms with Gasteiger partial charge in [0.25, 0.3) is 0 Å². The molecular formula is C10H15NO2. The van der Waals surface area contributed by atoms with Crippen LogP contribution in [-0.4, -0.2) is 29.2 Å². The van der Waals surface area contributed by atoms with Crippen LogP contribution in [0.25, 0.3) is 0 Å². The molecule has 0 aromatic heterocycles. The minimum atomic E-state index is 0.0261. The molecule has 0 N–H and O–H groups in total. The molecule has 0 radical (unpaired) electrons. The predicted molar refractivity (Wildman–Crippen MR) is 48.1 cm³/mol. The summed E-state index contributed by atoms with van der Waals surface area (Å²) in [7, 11) is 0. The fourth-order valence-corrected chi connectivity index (χ4v) is 1.97. The standard InChI is InChI=1S/C10H15NO2/c1-7(4-8-2-3-8)11-6-9(12)5-10(11)13/h7-8H,2-6H2,1H3. The Bertz CT molecular complexity index is 245. The third-order valence-electron chi connectivity index (χ3n) is 2.92. The van der Waals surface area contributed by atoms with Crippen molar-refractivity contribution in [3.63, 3.8) is 0 Å². The molecule has 1 unspecified atom stereocenters. The Morgan fingerprint density at radius 1 is 1.46 bits per heavy atom. The Labute approximate surface area is 78.1 Å². The number of carbonyl (C=O) groups is 2. The summed E-state index contributed by atoms with van der Waals surface area (Å²) >= 11 is 0. The van der Waals surface area contributed by atoms with Crippen molar-refractivity contribution in [2.24, 2.45) is 5.92 Å². The third-order valence-corrected chi connectivity index (χ3v) is 2.92. The number of rotatable bonds is 3. The van der Waals surface area contributed by atoms with Gasteiger partial charge in [-0.3, -0.25) is 9.59 Å².